The van der Waals surface area contributed by atoms with Gasteiger partial charge in [-0.2, -0.15) is 0 Å². The van der Waals surface area contributed by atoms with E-state index in [-0.39, 0.29) is 23.1 Å². The molecule has 0 aliphatic carbocycles. The third-order valence-electron chi connectivity index (χ3n) is 7.74. The average Bonchev–Trinajstić information content (AvgIpc) is 2.99. The van der Waals surface area contributed by atoms with Gasteiger partial charge in [0.2, 0.25) is 5.91 Å². The second-order valence-corrected chi connectivity index (χ2v) is 20.2. The van der Waals surface area contributed by atoms with Gasteiger partial charge in [0, 0.05) is 60.5 Å². The van der Waals surface area contributed by atoms with Crippen LogP contribution in [0.5, 0.6) is 0 Å². The highest BCUT2D eigenvalue weighted by atomic mass is 35.5. The molecule has 268 valence electrons. The van der Waals surface area contributed by atoms with Gasteiger partial charge in [-0.05, 0) is 76.2 Å². The number of carbonyl (C=O) groups excluding carboxylic acids is 2. The summed E-state index contributed by atoms with van der Waals surface area (Å²) in [7, 11) is -1.92. The number of ether oxygens (including phenoxy) is 1. The molecule has 0 fully saturated rings. The Hall–Kier alpha value is -3.30. The molecule has 0 bridgehead atoms. The average molecular weight is 734 g/mol. The fourth-order valence-electron chi connectivity index (χ4n) is 4.09. The Labute approximate surface area is 299 Å². The lowest BCUT2D eigenvalue weighted by atomic mass is 10.1. The Bertz CT molecular complexity index is 1590. The fourth-order valence-corrected chi connectivity index (χ4v) is 6.18. The summed E-state index contributed by atoms with van der Waals surface area (Å²) in [6.07, 6.45) is 1.17. The van der Waals surface area contributed by atoms with Crippen molar-refractivity contribution < 1.29 is 23.1 Å². The minimum atomic E-state index is -1.92. The molecule has 0 spiro atoms. The zero-order valence-corrected chi connectivity index (χ0v) is 32.4. The van der Waals surface area contributed by atoms with E-state index < -0.39 is 25.8 Å². The highest BCUT2D eigenvalue weighted by molar-refractivity contribution is 7.99. The van der Waals surface area contributed by atoms with Gasteiger partial charge < -0.3 is 30.0 Å². The van der Waals surface area contributed by atoms with Crippen LogP contribution in [0.1, 0.15) is 48.5 Å². The fraction of sp³-hybridized carbons (Fsp3) is 0.500. The van der Waals surface area contributed by atoms with Crippen LogP contribution in [0.4, 0.5) is 26.4 Å². The summed E-state index contributed by atoms with van der Waals surface area (Å²) in [5.41, 5.74) is 1.17. The van der Waals surface area contributed by atoms with Crippen molar-refractivity contribution in [3.8, 4) is 11.3 Å². The Morgan fingerprint density at radius 1 is 1.06 bits per heavy atom. The number of nitrogens with zero attached hydrogens (tertiary/aromatic N) is 4. The number of hydrogen-bond donors (Lipinski definition) is 3. The minimum absolute atomic E-state index is 0.0196. The number of pyridine rings is 1. The summed E-state index contributed by atoms with van der Waals surface area (Å²) in [4.78, 5) is 30.9. The molecule has 0 radical (unpaired) electrons. The number of nitrogens with one attached hydrogen (secondary N) is 3. The molecule has 2 amide bonds. The number of carbonyl (C=O) groups is 2. The van der Waals surface area contributed by atoms with Gasteiger partial charge in [0.05, 0.1) is 17.9 Å². The van der Waals surface area contributed by atoms with Crippen LogP contribution in [0, 0.1) is 5.82 Å². The number of likely N-dealkylation sites (N-methyl/N-ethyl adjacent to an activating group) is 1. The number of amides is 2. The Kier molecular flexibility index (Phi) is 14.4. The molecule has 0 saturated heterocycles. The standard InChI is InChI=1S/C34H49ClFN7O4SSi/c1-10-43(32(45)47-33(2,3)4)16-15-37-22-30(44)40-29-20-24(13-14-38-29)39-28-21-27(25-19-23(35)11-12-26(25)36)41-42-31(28)48-18-17-46-49(8,9)34(5,6)7/h11-14,19-21,37H,10,15-18,22H2,1-9H3,(H2,38,39,40,41,44). The SMILES string of the molecule is CCN(CCNCC(=O)Nc1cc(Nc2cc(-c3cc(Cl)ccc3F)nnc2SCCO[Si](C)(C)C(C)(C)C)ccn1)C(=O)OC(C)(C)C. The van der Waals surface area contributed by atoms with E-state index in [1.807, 2.05) is 27.7 Å². The number of hydrogen-bond acceptors (Lipinski definition) is 10. The molecule has 2 aromatic heterocycles. The van der Waals surface area contributed by atoms with E-state index in [1.54, 1.807) is 29.3 Å². The van der Waals surface area contributed by atoms with Crippen molar-refractivity contribution in [2.45, 2.75) is 77.2 Å². The van der Waals surface area contributed by atoms with Crippen molar-refractivity contribution >= 4 is 60.9 Å². The van der Waals surface area contributed by atoms with Crippen LogP contribution in [0.2, 0.25) is 23.2 Å². The first-order valence-corrected chi connectivity index (χ1v) is 20.5. The summed E-state index contributed by atoms with van der Waals surface area (Å²) in [6.45, 7) is 20.2. The lowest BCUT2D eigenvalue weighted by Crippen LogP contribution is -2.41. The molecule has 11 nitrogen and oxygen atoms in total. The Morgan fingerprint density at radius 2 is 1.80 bits per heavy atom. The largest absolute Gasteiger partial charge is 0.444 e. The number of anilines is 3. The van der Waals surface area contributed by atoms with Gasteiger partial charge in [0.1, 0.15) is 22.3 Å². The van der Waals surface area contributed by atoms with Crippen LogP contribution in [-0.4, -0.2) is 84.5 Å². The van der Waals surface area contributed by atoms with Crippen LogP contribution in [0.15, 0.2) is 47.6 Å². The third-order valence-corrected chi connectivity index (χ3v) is 13.5. The lowest BCUT2D eigenvalue weighted by molar-refractivity contribution is -0.115. The summed E-state index contributed by atoms with van der Waals surface area (Å²) in [6, 6.07) is 9.44. The maximum atomic E-state index is 14.8. The Morgan fingerprint density at radius 3 is 2.47 bits per heavy atom. The van der Waals surface area contributed by atoms with E-state index in [1.165, 1.54) is 30.0 Å². The lowest BCUT2D eigenvalue weighted by Gasteiger charge is -2.36. The molecule has 0 aliphatic heterocycles. The van der Waals surface area contributed by atoms with Crippen LogP contribution in [-0.2, 0) is 14.0 Å². The molecule has 0 aliphatic rings. The zero-order valence-electron chi connectivity index (χ0n) is 29.9. The minimum Gasteiger partial charge on any atom is -0.444 e. The first-order valence-electron chi connectivity index (χ1n) is 16.2. The molecular weight excluding hydrogens is 685 g/mol. The first-order chi connectivity index (χ1) is 22.9. The molecule has 15 heteroatoms. The van der Waals surface area contributed by atoms with Crippen molar-refractivity contribution in [2.75, 3.05) is 49.2 Å². The van der Waals surface area contributed by atoms with Crippen LogP contribution >= 0.6 is 23.4 Å². The van der Waals surface area contributed by atoms with Crippen molar-refractivity contribution in [3.05, 3.63) is 53.4 Å². The summed E-state index contributed by atoms with van der Waals surface area (Å²) >= 11 is 7.64. The number of rotatable bonds is 15. The highest BCUT2D eigenvalue weighted by Gasteiger charge is 2.36. The molecule has 3 aromatic rings. The van der Waals surface area contributed by atoms with E-state index >= 15 is 0 Å². The molecule has 0 unspecified atom stereocenters. The second-order valence-electron chi connectivity index (χ2n) is 13.9. The maximum absolute atomic E-state index is 14.8. The van der Waals surface area contributed by atoms with Crippen LogP contribution < -0.4 is 16.0 Å². The van der Waals surface area contributed by atoms with E-state index in [2.05, 4.69) is 65.0 Å². The molecule has 3 N–H and O–H groups in total. The quantitative estimate of drug-likeness (QED) is 0.0803. The van der Waals surface area contributed by atoms with Gasteiger partial charge in [0.15, 0.2) is 8.32 Å². The molecular formula is C34H49ClFN7O4SSi. The summed E-state index contributed by atoms with van der Waals surface area (Å²) in [5.74, 6) is 0.204. The van der Waals surface area contributed by atoms with E-state index in [4.69, 9.17) is 20.8 Å². The summed E-state index contributed by atoms with van der Waals surface area (Å²) in [5, 5.41) is 19.0. The van der Waals surface area contributed by atoms with Gasteiger partial charge in [-0.3, -0.25) is 4.79 Å². The molecule has 49 heavy (non-hydrogen) atoms. The van der Waals surface area contributed by atoms with Crippen LogP contribution in [0.25, 0.3) is 11.3 Å². The van der Waals surface area contributed by atoms with Crippen molar-refractivity contribution in [1.29, 1.82) is 0 Å². The second kappa shape index (κ2) is 17.6. The predicted molar refractivity (Wildman–Crippen MR) is 199 cm³/mol. The molecule has 0 atom stereocenters. The summed E-state index contributed by atoms with van der Waals surface area (Å²) < 4.78 is 26.5. The first kappa shape index (κ1) is 40.1. The molecule has 3 rings (SSSR count). The number of aromatic nitrogens is 3. The third kappa shape index (κ3) is 12.8. The highest BCUT2D eigenvalue weighted by Crippen LogP contribution is 2.37. The molecule has 0 saturated carbocycles. The zero-order chi connectivity index (χ0) is 36.4. The van der Waals surface area contributed by atoms with Crippen molar-refractivity contribution in [3.63, 3.8) is 0 Å². The monoisotopic (exact) mass is 733 g/mol. The van der Waals surface area contributed by atoms with E-state index in [9.17, 15) is 14.0 Å². The van der Waals surface area contributed by atoms with Gasteiger partial charge >= 0.3 is 6.09 Å². The van der Waals surface area contributed by atoms with Crippen molar-refractivity contribution in [1.82, 2.24) is 25.4 Å². The van der Waals surface area contributed by atoms with Crippen molar-refractivity contribution in [2.24, 2.45) is 0 Å². The Balaban J connectivity index is 1.69. The van der Waals surface area contributed by atoms with E-state index in [0.717, 1.165) is 0 Å². The number of thioether (sulfide) groups is 1. The van der Waals surface area contributed by atoms with Gasteiger partial charge in [0.25, 0.3) is 0 Å². The number of halogens is 2. The smallest absolute Gasteiger partial charge is 0.410 e. The molecule has 2 heterocycles. The van der Waals surface area contributed by atoms with Gasteiger partial charge in [-0.15, -0.1) is 22.0 Å². The van der Waals surface area contributed by atoms with Crippen LogP contribution in [0.3, 0.4) is 0 Å². The van der Waals surface area contributed by atoms with Gasteiger partial charge in [-0.1, -0.05) is 32.4 Å². The molecule has 1 aromatic carbocycles. The normalized spacial score (nSPS) is 12.1. The predicted octanol–water partition coefficient (Wildman–Crippen LogP) is 7.97. The topological polar surface area (TPSA) is 131 Å². The number of benzene rings is 1. The maximum Gasteiger partial charge on any atom is 0.410 e. The van der Waals surface area contributed by atoms with E-state index in [0.29, 0.717) is 64.9 Å². The van der Waals surface area contributed by atoms with Gasteiger partial charge in [-0.25, -0.2) is 14.2 Å².